The summed E-state index contributed by atoms with van der Waals surface area (Å²) in [5.74, 6) is 0.540. The number of nitrogens with zero attached hydrogens (tertiary/aromatic N) is 1. The van der Waals surface area contributed by atoms with Crippen molar-refractivity contribution in [1.82, 2.24) is 4.98 Å². The monoisotopic (exact) mass is 288 g/mol. The smallest absolute Gasteiger partial charge is 0.337 e. The predicted molar refractivity (Wildman–Crippen MR) is 77.3 cm³/mol. The third-order valence-electron chi connectivity index (χ3n) is 2.86. The fourth-order valence-corrected chi connectivity index (χ4v) is 1.80. The number of carbonyl (C=O) groups is 1. The Morgan fingerprint density at radius 3 is 2.76 bits per heavy atom. The second-order valence-corrected chi connectivity index (χ2v) is 4.20. The minimum Gasteiger partial charge on any atom is -0.487 e. The van der Waals surface area contributed by atoms with E-state index in [0.29, 0.717) is 22.9 Å². The Morgan fingerprint density at radius 2 is 2.10 bits per heavy atom. The van der Waals surface area contributed by atoms with Gasteiger partial charge in [0.25, 0.3) is 0 Å². The molecule has 0 saturated carbocycles. The van der Waals surface area contributed by atoms with Crippen molar-refractivity contribution >= 4 is 11.7 Å². The molecule has 0 atom stereocenters. The van der Waals surface area contributed by atoms with E-state index in [2.05, 4.69) is 9.72 Å². The maximum Gasteiger partial charge on any atom is 0.337 e. The maximum atomic E-state index is 11.4. The molecule has 0 spiro atoms. The van der Waals surface area contributed by atoms with Crippen LogP contribution in [-0.2, 0) is 11.3 Å². The lowest BCUT2D eigenvalue weighted by atomic mass is 10.2. The van der Waals surface area contributed by atoms with Crippen LogP contribution in [0.1, 0.15) is 15.9 Å². The number of hydrogen-bond acceptors (Lipinski definition) is 6. The van der Waals surface area contributed by atoms with Crippen LogP contribution in [0.2, 0.25) is 0 Å². The van der Waals surface area contributed by atoms with Gasteiger partial charge in [-0.05, 0) is 30.3 Å². The largest absolute Gasteiger partial charge is 0.487 e. The first-order chi connectivity index (χ1) is 10.2. The van der Waals surface area contributed by atoms with E-state index in [4.69, 9.17) is 15.2 Å². The molecule has 0 saturated heterocycles. The molecular weight excluding hydrogens is 272 g/mol. The summed E-state index contributed by atoms with van der Waals surface area (Å²) in [5, 5.41) is 0. The number of benzene rings is 1. The van der Waals surface area contributed by atoms with Gasteiger partial charge in [0.1, 0.15) is 12.4 Å². The van der Waals surface area contributed by atoms with E-state index in [1.165, 1.54) is 13.2 Å². The number of anilines is 1. The number of ether oxygens (including phenoxy) is 3. The molecule has 0 unspecified atom stereocenters. The van der Waals surface area contributed by atoms with Crippen molar-refractivity contribution in [3.63, 3.8) is 0 Å². The summed E-state index contributed by atoms with van der Waals surface area (Å²) in [6.45, 7) is 0.263. The Bertz CT molecular complexity index is 643. The third-order valence-corrected chi connectivity index (χ3v) is 2.86. The molecular formula is C15H16N2O4. The highest BCUT2D eigenvalue weighted by Gasteiger charge is 2.10. The molecule has 6 nitrogen and oxygen atoms in total. The first-order valence-corrected chi connectivity index (χ1v) is 6.24. The second-order valence-electron chi connectivity index (χ2n) is 4.20. The molecule has 1 aromatic heterocycles. The van der Waals surface area contributed by atoms with Crippen LogP contribution in [0.4, 0.5) is 5.69 Å². The number of esters is 1. The number of pyridine rings is 1. The number of hydrogen-bond donors (Lipinski definition) is 1. The molecule has 1 aromatic carbocycles. The Hall–Kier alpha value is -2.76. The fourth-order valence-electron chi connectivity index (χ4n) is 1.80. The van der Waals surface area contributed by atoms with Crippen molar-refractivity contribution in [3.8, 4) is 11.6 Å². The molecule has 0 bridgehead atoms. The number of carbonyl (C=O) groups excluding carboxylic acids is 1. The number of nitrogen functional groups attached to an aromatic ring is 1. The van der Waals surface area contributed by atoms with Crippen molar-refractivity contribution in [3.05, 3.63) is 47.7 Å². The van der Waals surface area contributed by atoms with E-state index in [9.17, 15) is 4.79 Å². The predicted octanol–water partition coefficient (Wildman–Crippen LogP) is 2.04. The van der Waals surface area contributed by atoms with Crippen molar-refractivity contribution in [2.75, 3.05) is 20.0 Å². The third kappa shape index (κ3) is 3.42. The van der Waals surface area contributed by atoms with E-state index in [1.54, 1.807) is 31.5 Å². The molecule has 0 radical (unpaired) electrons. The zero-order chi connectivity index (χ0) is 15.2. The van der Waals surface area contributed by atoms with Crippen molar-refractivity contribution < 1.29 is 19.0 Å². The molecule has 0 aliphatic carbocycles. The number of rotatable bonds is 5. The van der Waals surface area contributed by atoms with Crippen LogP contribution in [0, 0.1) is 0 Å². The van der Waals surface area contributed by atoms with Crippen LogP contribution in [0.15, 0.2) is 36.5 Å². The van der Waals surface area contributed by atoms with Crippen LogP contribution in [-0.4, -0.2) is 25.2 Å². The highest BCUT2D eigenvalue weighted by Crippen LogP contribution is 2.25. The molecule has 6 heteroatoms. The number of methoxy groups -OCH3 is 2. The van der Waals surface area contributed by atoms with Crippen LogP contribution in [0.25, 0.3) is 0 Å². The van der Waals surface area contributed by atoms with Crippen molar-refractivity contribution in [2.45, 2.75) is 6.61 Å². The summed E-state index contributed by atoms with van der Waals surface area (Å²) in [5.41, 5.74) is 7.41. The summed E-state index contributed by atoms with van der Waals surface area (Å²) in [7, 11) is 2.86. The number of aromatic nitrogens is 1. The Kier molecular flexibility index (Phi) is 4.61. The van der Waals surface area contributed by atoms with Crippen molar-refractivity contribution in [2.24, 2.45) is 0 Å². The highest BCUT2D eigenvalue weighted by molar-refractivity contribution is 5.90. The normalized spacial score (nSPS) is 10.0. The first-order valence-electron chi connectivity index (χ1n) is 6.24. The molecule has 110 valence electrons. The average Bonchev–Trinajstić information content (AvgIpc) is 2.53. The van der Waals surface area contributed by atoms with Crippen LogP contribution in [0.3, 0.4) is 0 Å². The van der Waals surface area contributed by atoms with Gasteiger partial charge in [0.05, 0.1) is 31.0 Å². The van der Waals surface area contributed by atoms with E-state index < -0.39 is 5.97 Å². The molecule has 0 amide bonds. The van der Waals surface area contributed by atoms with Crippen molar-refractivity contribution in [1.29, 1.82) is 0 Å². The Balaban J connectivity index is 2.12. The van der Waals surface area contributed by atoms with Gasteiger partial charge in [-0.15, -0.1) is 0 Å². The average molecular weight is 288 g/mol. The summed E-state index contributed by atoms with van der Waals surface area (Å²) >= 11 is 0. The molecule has 0 fully saturated rings. The standard InChI is InChI=1S/C15H16N2O4/c1-19-14-11(4-3-7-17-14)9-21-13-6-5-10(8-12(13)16)15(18)20-2/h3-8H,9,16H2,1-2H3. The van der Waals surface area contributed by atoms with Crippen LogP contribution < -0.4 is 15.2 Å². The minimum absolute atomic E-state index is 0.263. The molecule has 0 aliphatic rings. The molecule has 2 rings (SSSR count). The van der Waals surface area contributed by atoms with Gasteiger partial charge in [0.2, 0.25) is 5.88 Å². The Labute approximate surface area is 122 Å². The van der Waals surface area contributed by atoms with Gasteiger partial charge in [-0.25, -0.2) is 9.78 Å². The molecule has 21 heavy (non-hydrogen) atoms. The highest BCUT2D eigenvalue weighted by atomic mass is 16.5. The maximum absolute atomic E-state index is 11.4. The first kappa shape index (κ1) is 14.6. The number of nitrogens with two attached hydrogens (primary N) is 1. The second kappa shape index (κ2) is 6.60. The van der Waals surface area contributed by atoms with E-state index in [1.807, 2.05) is 6.07 Å². The SMILES string of the molecule is COC(=O)c1ccc(OCc2cccnc2OC)c(N)c1. The van der Waals surface area contributed by atoms with E-state index in [-0.39, 0.29) is 6.61 Å². The van der Waals surface area contributed by atoms with Gasteiger partial charge in [-0.2, -0.15) is 0 Å². The van der Waals surface area contributed by atoms with Crippen LogP contribution in [0.5, 0.6) is 11.6 Å². The lowest BCUT2D eigenvalue weighted by Crippen LogP contribution is -2.05. The van der Waals surface area contributed by atoms with Gasteiger partial charge < -0.3 is 19.9 Å². The van der Waals surface area contributed by atoms with Gasteiger partial charge in [-0.3, -0.25) is 0 Å². The topological polar surface area (TPSA) is 83.7 Å². The lowest BCUT2D eigenvalue weighted by molar-refractivity contribution is 0.0600. The minimum atomic E-state index is -0.442. The summed E-state index contributed by atoms with van der Waals surface area (Å²) < 4.78 is 15.4. The zero-order valence-electron chi connectivity index (χ0n) is 11.8. The van der Waals surface area contributed by atoms with Gasteiger partial charge in [-0.1, -0.05) is 0 Å². The fraction of sp³-hybridized carbons (Fsp3) is 0.200. The van der Waals surface area contributed by atoms with Gasteiger partial charge in [0.15, 0.2) is 0 Å². The van der Waals surface area contributed by atoms with E-state index in [0.717, 1.165) is 5.56 Å². The summed E-state index contributed by atoms with van der Waals surface area (Å²) in [6, 6.07) is 8.39. The lowest BCUT2D eigenvalue weighted by Gasteiger charge is -2.11. The van der Waals surface area contributed by atoms with Gasteiger partial charge in [0, 0.05) is 6.20 Å². The molecule has 2 N–H and O–H groups in total. The van der Waals surface area contributed by atoms with Gasteiger partial charge >= 0.3 is 5.97 Å². The zero-order valence-corrected chi connectivity index (χ0v) is 11.8. The molecule has 2 aromatic rings. The summed E-state index contributed by atoms with van der Waals surface area (Å²) in [6.07, 6.45) is 1.64. The molecule has 1 heterocycles. The Morgan fingerprint density at radius 1 is 1.29 bits per heavy atom. The molecule has 0 aliphatic heterocycles. The van der Waals surface area contributed by atoms with Crippen LogP contribution >= 0.6 is 0 Å². The van der Waals surface area contributed by atoms with E-state index >= 15 is 0 Å². The summed E-state index contributed by atoms with van der Waals surface area (Å²) in [4.78, 5) is 15.5. The quantitative estimate of drug-likeness (QED) is 0.669.